The highest BCUT2D eigenvalue weighted by Crippen LogP contribution is 2.21. The summed E-state index contributed by atoms with van der Waals surface area (Å²) in [6, 6.07) is 20.2. The summed E-state index contributed by atoms with van der Waals surface area (Å²) in [5.74, 6) is 1.43. The lowest BCUT2D eigenvalue weighted by atomic mass is 10.2. The fourth-order valence-corrected chi connectivity index (χ4v) is 2.14. The molecule has 3 aromatic rings. The van der Waals surface area contributed by atoms with Gasteiger partial charge in [-0.25, -0.2) is 4.79 Å². The molecule has 3 rings (SSSR count). The number of para-hydroxylation sites is 1. The molecule has 5 nitrogen and oxygen atoms in total. The van der Waals surface area contributed by atoms with Crippen LogP contribution in [0.4, 0.5) is 10.5 Å². The van der Waals surface area contributed by atoms with Crippen molar-refractivity contribution in [2.75, 3.05) is 5.32 Å². The Morgan fingerprint density at radius 3 is 2.50 bits per heavy atom. The number of nitrogens with zero attached hydrogens (tertiary/aromatic N) is 1. The van der Waals surface area contributed by atoms with E-state index in [-0.39, 0.29) is 6.03 Å². The maximum atomic E-state index is 11.9. The molecule has 0 aliphatic heterocycles. The molecule has 0 saturated carbocycles. The summed E-state index contributed by atoms with van der Waals surface area (Å²) in [5.41, 5.74) is 1.70. The summed E-state index contributed by atoms with van der Waals surface area (Å²) < 4.78 is 5.75. The first-order valence-corrected chi connectivity index (χ1v) is 7.56. The van der Waals surface area contributed by atoms with Crippen LogP contribution >= 0.6 is 0 Å². The van der Waals surface area contributed by atoms with Crippen LogP contribution in [0.1, 0.15) is 5.56 Å². The minimum Gasteiger partial charge on any atom is -0.457 e. The lowest BCUT2D eigenvalue weighted by Crippen LogP contribution is -2.28. The smallest absolute Gasteiger partial charge is 0.319 e. The standard InChI is InChI=1S/C19H17N3O2/c23-19(22-16-6-2-1-3-7-16)21-14-15-5-4-8-18(13-15)24-17-9-11-20-12-10-17/h1-13H,14H2,(H2,21,22,23). The lowest BCUT2D eigenvalue weighted by molar-refractivity contribution is 0.251. The quantitative estimate of drug-likeness (QED) is 0.741. The molecule has 1 aromatic heterocycles. The van der Waals surface area contributed by atoms with Gasteiger partial charge in [0.05, 0.1) is 0 Å². The van der Waals surface area contributed by atoms with E-state index >= 15 is 0 Å². The van der Waals surface area contributed by atoms with E-state index in [0.717, 1.165) is 17.0 Å². The molecule has 2 N–H and O–H groups in total. The van der Waals surface area contributed by atoms with Crippen LogP contribution in [0.25, 0.3) is 0 Å². The maximum Gasteiger partial charge on any atom is 0.319 e. The molecule has 0 spiro atoms. The second-order valence-corrected chi connectivity index (χ2v) is 5.11. The van der Waals surface area contributed by atoms with E-state index in [4.69, 9.17) is 4.74 Å². The van der Waals surface area contributed by atoms with Crippen LogP contribution in [-0.4, -0.2) is 11.0 Å². The van der Waals surface area contributed by atoms with Gasteiger partial charge in [0.25, 0.3) is 0 Å². The monoisotopic (exact) mass is 319 g/mol. The van der Waals surface area contributed by atoms with Crippen molar-refractivity contribution < 1.29 is 9.53 Å². The van der Waals surface area contributed by atoms with Gasteiger partial charge in [0, 0.05) is 24.6 Å². The Hall–Kier alpha value is -3.34. The number of pyridine rings is 1. The average Bonchev–Trinajstić information content (AvgIpc) is 2.62. The van der Waals surface area contributed by atoms with Crippen molar-refractivity contribution in [1.82, 2.24) is 10.3 Å². The highest BCUT2D eigenvalue weighted by atomic mass is 16.5. The third-order valence-electron chi connectivity index (χ3n) is 3.27. The normalized spacial score (nSPS) is 10.0. The number of nitrogens with one attached hydrogen (secondary N) is 2. The Morgan fingerprint density at radius 1 is 0.917 bits per heavy atom. The second-order valence-electron chi connectivity index (χ2n) is 5.11. The molecule has 2 amide bonds. The van der Waals surface area contributed by atoms with Crippen molar-refractivity contribution in [1.29, 1.82) is 0 Å². The summed E-state index contributed by atoms with van der Waals surface area (Å²) in [6.45, 7) is 0.409. The van der Waals surface area contributed by atoms with Crippen LogP contribution in [-0.2, 0) is 6.54 Å². The number of rotatable bonds is 5. The number of carbonyl (C=O) groups is 1. The van der Waals surface area contributed by atoms with Crippen LogP contribution < -0.4 is 15.4 Å². The van der Waals surface area contributed by atoms with Crippen LogP contribution in [0.15, 0.2) is 79.1 Å². The molecular formula is C19H17N3O2. The lowest BCUT2D eigenvalue weighted by Gasteiger charge is -2.09. The van der Waals surface area contributed by atoms with Gasteiger partial charge in [-0.15, -0.1) is 0 Å². The van der Waals surface area contributed by atoms with Crippen LogP contribution in [0.5, 0.6) is 11.5 Å². The fourth-order valence-electron chi connectivity index (χ4n) is 2.14. The summed E-state index contributed by atoms with van der Waals surface area (Å²) in [6.07, 6.45) is 3.35. The Kier molecular flexibility index (Phi) is 5.04. The Morgan fingerprint density at radius 2 is 1.71 bits per heavy atom. The predicted octanol–water partition coefficient (Wildman–Crippen LogP) is 4.20. The first-order chi connectivity index (χ1) is 11.8. The number of ether oxygens (including phenoxy) is 1. The van der Waals surface area contributed by atoms with Crippen LogP contribution in [0.2, 0.25) is 0 Å². The fraction of sp³-hybridized carbons (Fsp3) is 0.0526. The van der Waals surface area contributed by atoms with Gasteiger partial charge in [0.2, 0.25) is 0 Å². The molecule has 0 aliphatic carbocycles. The SMILES string of the molecule is O=C(NCc1cccc(Oc2ccncc2)c1)Nc1ccccc1. The number of hydrogen-bond donors (Lipinski definition) is 2. The molecule has 2 aromatic carbocycles. The molecule has 0 atom stereocenters. The van der Waals surface area contributed by atoms with Gasteiger partial charge in [-0.1, -0.05) is 30.3 Å². The van der Waals surface area contributed by atoms with Crippen molar-refractivity contribution in [3.8, 4) is 11.5 Å². The van der Waals surface area contributed by atoms with Crippen molar-refractivity contribution >= 4 is 11.7 Å². The van der Waals surface area contributed by atoms with E-state index < -0.39 is 0 Å². The minimum atomic E-state index is -0.248. The number of amides is 2. The van der Waals surface area contributed by atoms with E-state index in [1.807, 2.05) is 54.6 Å². The predicted molar refractivity (Wildman–Crippen MR) is 93.1 cm³/mol. The molecule has 0 unspecified atom stereocenters. The number of hydrogen-bond acceptors (Lipinski definition) is 3. The van der Waals surface area contributed by atoms with Crippen molar-refractivity contribution in [2.45, 2.75) is 6.54 Å². The van der Waals surface area contributed by atoms with Gasteiger partial charge in [-0.2, -0.15) is 0 Å². The Bertz CT molecular complexity index is 792. The first-order valence-electron chi connectivity index (χ1n) is 7.56. The van der Waals surface area contributed by atoms with Gasteiger partial charge < -0.3 is 15.4 Å². The minimum absolute atomic E-state index is 0.248. The van der Waals surface area contributed by atoms with E-state index in [2.05, 4.69) is 15.6 Å². The van der Waals surface area contributed by atoms with Gasteiger partial charge in [-0.05, 0) is 42.0 Å². The van der Waals surface area contributed by atoms with Crippen LogP contribution in [0, 0.1) is 0 Å². The molecule has 0 bridgehead atoms. The number of anilines is 1. The molecule has 0 fully saturated rings. The molecule has 120 valence electrons. The molecule has 5 heteroatoms. The number of carbonyl (C=O) groups excluding carboxylic acids is 1. The highest BCUT2D eigenvalue weighted by molar-refractivity contribution is 5.89. The Balaban J connectivity index is 1.55. The number of benzene rings is 2. The van der Waals surface area contributed by atoms with Crippen molar-refractivity contribution in [3.05, 3.63) is 84.7 Å². The van der Waals surface area contributed by atoms with Gasteiger partial charge >= 0.3 is 6.03 Å². The van der Waals surface area contributed by atoms with Crippen molar-refractivity contribution in [3.63, 3.8) is 0 Å². The van der Waals surface area contributed by atoms with Crippen LogP contribution in [0.3, 0.4) is 0 Å². The number of urea groups is 1. The zero-order chi connectivity index (χ0) is 16.6. The average molecular weight is 319 g/mol. The van der Waals surface area contributed by atoms with Gasteiger partial charge in [-0.3, -0.25) is 4.98 Å². The van der Waals surface area contributed by atoms with E-state index in [1.165, 1.54) is 0 Å². The third-order valence-corrected chi connectivity index (χ3v) is 3.27. The molecule has 0 aliphatic rings. The first kappa shape index (κ1) is 15.6. The molecular weight excluding hydrogens is 302 g/mol. The summed E-state index contributed by atoms with van der Waals surface area (Å²) >= 11 is 0. The van der Waals surface area contributed by atoms with Gasteiger partial charge in [0.15, 0.2) is 0 Å². The molecule has 1 heterocycles. The molecule has 24 heavy (non-hydrogen) atoms. The summed E-state index contributed by atoms with van der Waals surface area (Å²) in [5, 5.41) is 5.60. The zero-order valence-corrected chi connectivity index (χ0v) is 13.0. The third kappa shape index (κ3) is 4.58. The topological polar surface area (TPSA) is 63.2 Å². The highest BCUT2D eigenvalue weighted by Gasteiger charge is 2.03. The summed E-state index contributed by atoms with van der Waals surface area (Å²) in [4.78, 5) is 15.9. The molecule has 0 saturated heterocycles. The van der Waals surface area contributed by atoms with Gasteiger partial charge in [0.1, 0.15) is 11.5 Å². The van der Waals surface area contributed by atoms with E-state index in [9.17, 15) is 4.79 Å². The maximum absolute atomic E-state index is 11.9. The summed E-state index contributed by atoms with van der Waals surface area (Å²) in [7, 11) is 0. The second kappa shape index (κ2) is 7.78. The van der Waals surface area contributed by atoms with Crippen molar-refractivity contribution in [2.24, 2.45) is 0 Å². The van der Waals surface area contributed by atoms with E-state index in [1.54, 1.807) is 24.5 Å². The van der Waals surface area contributed by atoms with E-state index in [0.29, 0.717) is 12.3 Å². The molecule has 0 radical (unpaired) electrons. The number of aromatic nitrogens is 1. The largest absolute Gasteiger partial charge is 0.457 e. The Labute approximate surface area is 140 Å². The zero-order valence-electron chi connectivity index (χ0n) is 13.0.